The molecule has 6 heteroatoms. The molecule has 2 aromatic carbocycles. The lowest BCUT2D eigenvalue weighted by Crippen LogP contribution is -2.32. The highest BCUT2D eigenvalue weighted by Gasteiger charge is 2.18. The molecule has 0 bridgehead atoms. The van der Waals surface area contributed by atoms with E-state index >= 15 is 0 Å². The fourth-order valence-corrected chi connectivity index (χ4v) is 3.69. The van der Waals surface area contributed by atoms with Gasteiger partial charge in [-0.2, -0.15) is 5.10 Å². The number of hydrogen-bond acceptors (Lipinski definition) is 3. The largest absolute Gasteiger partial charge is 0.349 e. The van der Waals surface area contributed by atoms with Crippen LogP contribution in [-0.2, 0) is 6.54 Å². The van der Waals surface area contributed by atoms with Gasteiger partial charge in [0.25, 0.3) is 11.8 Å². The van der Waals surface area contributed by atoms with Crippen LogP contribution in [-0.4, -0.2) is 28.1 Å². The number of H-pyrrole nitrogens is 1. The molecule has 1 fully saturated rings. The maximum absolute atomic E-state index is 12.6. The highest BCUT2D eigenvalue weighted by molar-refractivity contribution is 5.96. The van der Waals surface area contributed by atoms with E-state index in [2.05, 4.69) is 20.8 Å². The smallest absolute Gasteiger partial charge is 0.251 e. The Balaban J connectivity index is 1.38. The first-order chi connectivity index (χ1) is 14.2. The first-order valence-corrected chi connectivity index (χ1v) is 9.96. The van der Waals surface area contributed by atoms with Gasteiger partial charge in [-0.05, 0) is 48.2 Å². The summed E-state index contributed by atoms with van der Waals surface area (Å²) in [5.41, 5.74) is 3.96. The van der Waals surface area contributed by atoms with Crippen LogP contribution in [0.1, 0.15) is 52.0 Å². The predicted molar refractivity (Wildman–Crippen MR) is 111 cm³/mol. The highest BCUT2D eigenvalue weighted by atomic mass is 16.2. The third kappa shape index (κ3) is 4.71. The van der Waals surface area contributed by atoms with Crippen LogP contribution in [0.2, 0.25) is 0 Å². The van der Waals surface area contributed by atoms with Gasteiger partial charge in [-0.1, -0.05) is 37.1 Å². The normalized spacial score (nSPS) is 13.9. The second-order valence-electron chi connectivity index (χ2n) is 7.41. The van der Waals surface area contributed by atoms with Crippen LogP contribution in [0.25, 0.3) is 11.1 Å². The fraction of sp³-hybridized carbons (Fsp3) is 0.261. The fourth-order valence-electron chi connectivity index (χ4n) is 3.69. The first kappa shape index (κ1) is 18.9. The second-order valence-corrected chi connectivity index (χ2v) is 7.41. The quantitative estimate of drug-likeness (QED) is 0.602. The molecule has 1 aliphatic carbocycles. The van der Waals surface area contributed by atoms with Crippen molar-refractivity contribution in [2.75, 3.05) is 0 Å². The minimum Gasteiger partial charge on any atom is -0.349 e. The highest BCUT2D eigenvalue weighted by Crippen LogP contribution is 2.19. The molecule has 1 saturated carbocycles. The number of aromatic nitrogens is 2. The standard InChI is InChI=1S/C23H24N4O2/c28-22(19-8-4-6-17(12-19)20-14-25-26-15-20)24-13-16-5-3-7-18(11-16)23(29)27-21-9-1-2-10-21/h3-8,11-12,14-15,21H,1-2,9-10,13H2,(H,24,28)(H,25,26)(H,27,29). The number of aromatic amines is 1. The number of amides is 2. The Morgan fingerprint density at radius 2 is 1.72 bits per heavy atom. The summed E-state index contributed by atoms with van der Waals surface area (Å²) in [5.74, 6) is -0.200. The lowest BCUT2D eigenvalue weighted by atomic mass is 10.1. The minimum absolute atomic E-state index is 0.0436. The molecule has 148 valence electrons. The lowest BCUT2D eigenvalue weighted by Gasteiger charge is -2.13. The zero-order chi connectivity index (χ0) is 20.1. The van der Waals surface area contributed by atoms with E-state index < -0.39 is 0 Å². The van der Waals surface area contributed by atoms with Gasteiger partial charge in [-0.25, -0.2) is 0 Å². The van der Waals surface area contributed by atoms with Gasteiger partial charge in [-0.15, -0.1) is 0 Å². The zero-order valence-electron chi connectivity index (χ0n) is 16.2. The molecule has 29 heavy (non-hydrogen) atoms. The molecule has 4 rings (SSSR count). The zero-order valence-corrected chi connectivity index (χ0v) is 16.2. The molecule has 3 aromatic rings. The van der Waals surface area contributed by atoms with E-state index in [-0.39, 0.29) is 17.9 Å². The summed E-state index contributed by atoms with van der Waals surface area (Å²) in [5, 5.41) is 12.8. The Morgan fingerprint density at radius 3 is 2.48 bits per heavy atom. The molecular formula is C23H24N4O2. The van der Waals surface area contributed by atoms with Gasteiger partial charge in [0, 0.05) is 35.5 Å². The average molecular weight is 388 g/mol. The van der Waals surface area contributed by atoms with E-state index in [0.717, 1.165) is 29.5 Å². The van der Waals surface area contributed by atoms with Crippen LogP contribution in [0.4, 0.5) is 0 Å². The molecule has 0 atom stereocenters. The maximum Gasteiger partial charge on any atom is 0.251 e. The van der Waals surface area contributed by atoms with Gasteiger partial charge in [0.05, 0.1) is 6.20 Å². The number of carbonyl (C=O) groups is 2. The number of nitrogens with one attached hydrogen (secondary N) is 3. The summed E-state index contributed by atoms with van der Waals surface area (Å²) in [6, 6.07) is 15.1. The van der Waals surface area contributed by atoms with Gasteiger partial charge in [0.1, 0.15) is 0 Å². The van der Waals surface area contributed by atoms with Crippen LogP contribution in [0, 0.1) is 0 Å². The SMILES string of the molecule is O=C(NCc1cccc(C(=O)NC2CCCC2)c1)c1cccc(-c2cn[nH]c2)c1. The van der Waals surface area contributed by atoms with E-state index in [9.17, 15) is 9.59 Å². The van der Waals surface area contributed by atoms with Crippen molar-refractivity contribution >= 4 is 11.8 Å². The van der Waals surface area contributed by atoms with Crippen LogP contribution < -0.4 is 10.6 Å². The number of nitrogens with zero attached hydrogens (tertiary/aromatic N) is 1. The number of hydrogen-bond donors (Lipinski definition) is 3. The van der Waals surface area contributed by atoms with Crippen LogP contribution in [0.15, 0.2) is 60.9 Å². The Kier molecular flexibility index (Phi) is 5.70. The second kappa shape index (κ2) is 8.73. The van der Waals surface area contributed by atoms with E-state index in [0.29, 0.717) is 17.7 Å². The Bertz CT molecular complexity index is 992. The van der Waals surface area contributed by atoms with Crippen molar-refractivity contribution in [2.45, 2.75) is 38.3 Å². The Morgan fingerprint density at radius 1 is 0.966 bits per heavy atom. The summed E-state index contributed by atoms with van der Waals surface area (Å²) >= 11 is 0. The molecule has 2 amide bonds. The molecule has 0 unspecified atom stereocenters. The molecule has 0 spiro atoms. The molecule has 0 aliphatic heterocycles. The van der Waals surface area contributed by atoms with Gasteiger partial charge in [0.15, 0.2) is 0 Å². The summed E-state index contributed by atoms with van der Waals surface area (Å²) in [4.78, 5) is 25.0. The van der Waals surface area contributed by atoms with Crippen molar-refractivity contribution < 1.29 is 9.59 Å². The Hall–Kier alpha value is -3.41. The summed E-state index contributed by atoms with van der Waals surface area (Å²) in [6.07, 6.45) is 7.98. The van der Waals surface area contributed by atoms with E-state index in [1.807, 2.05) is 42.5 Å². The summed E-state index contributed by atoms with van der Waals surface area (Å²) in [7, 11) is 0. The van der Waals surface area contributed by atoms with Gasteiger partial charge >= 0.3 is 0 Å². The molecule has 1 aliphatic rings. The topological polar surface area (TPSA) is 86.9 Å². The molecule has 6 nitrogen and oxygen atoms in total. The minimum atomic E-state index is -0.156. The monoisotopic (exact) mass is 388 g/mol. The van der Waals surface area contributed by atoms with Crippen molar-refractivity contribution in [1.29, 1.82) is 0 Å². The third-order valence-electron chi connectivity index (χ3n) is 5.29. The molecule has 0 saturated heterocycles. The average Bonchev–Trinajstić information content (AvgIpc) is 3.47. The van der Waals surface area contributed by atoms with Gasteiger partial charge in [-0.3, -0.25) is 14.7 Å². The van der Waals surface area contributed by atoms with Crippen molar-refractivity contribution in [1.82, 2.24) is 20.8 Å². The third-order valence-corrected chi connectivity index (χ3v) is 5.29. The van der Waals surface area contributed by atoms with Gasteiger partial charge < -0.3 is 10.6 Å². The molecular weight excluding hydrogens is 364 g/mol. The first-order valence-electron chi connectivity index (χ1n) is 9.96. The van der Waals surface area contributed by atoms with Gasteiger partial charge in [0.2, 0.25) is 0 Å². The molecule has 0 radical (unpaired) electrons. The summed E-state index contributed by atoms with van der Waals surface area (Å²) in [6.45, 7) is 0.360. The van der Waals surface area contributed by atoms with E-state index in [1.54, 1.807) is 18.5 Å². The summed E-state index contributed by atoms with van der Waals surface area (Å²) < 4.78 is 0. The molecule has 3 N–H and O–H groups in total. The maximum atomic E-state index is 12.6. The van der Waals surface area contributed by atoms with Crippen molar-refractivity contribution in [3.63, 3.8) is 0 Å². The predicted octanol–water partition coefficient (Wildman–Crippen LogP) is 3.68. The van der Waals surface area contributed by atoms with Crippen molar-refractivity contribution in [3.8, 4) is 11.1 Å². The van der Waals surface area contributed by atoms with Crippen molar-refractivity contribution in [2.24, 2.45) is 0 Å². The van der Waals surface area contributed by atoms with Crippen LogP contribution >= 0.6 is 0 Å². The number of carbonyl (C=O) groups excluding carboxylic acids is 2. The molecule has 1 heterocycles. The molecule has 1 aromatic heterocycles. The Labute approximate surface area is 169 Å². The number of benzene rings is 2. The lowest BCUT2D eigenvalue weighted by molar-refractivity contribution is 0.0935. The van der Waals surface area contributed by atoms with Crippen LogP contribution in [0.3, 0.4) is 0 Å². The van der Waals surface area contributed by atoms with E-state index in [4.69, 9.17) is 0 Å². The van der Waals surface area contributed by atoms with E-state index in [1.165, 1.54) is 12.8 Å². The number of rotatable bonds is 6. The van der Waals surface area contributed by atoms with Crippen molar-refractivity contribution in [3.05, 3.63) is 77.6 Å². The van der Waals surface area contributed by atoms with Crippen LogP contribution in [0.5, 0.6) is 0 Å².